The van der Waals surface area contributed by atoms with Crippen molar-refractivity contribution in [2.75, 3.05) is 13.2 Å². The summed E-state index contributed by atoms with van der Waals surface area (Å²) in [6, 6.07) is 19.6. The van der Waals surface area contributed by atoms with Gasteiger partial charge in [0.1, 0.15) is 18.1 Å². The number of para-hydroxylation sites is 1. The van der Waals surface area contributed by atoms with Crippen molar-refractivity contribution in [2.24, 2.45) is 5.10 Å². The van der Waals surface area contributed by atoms with Gasteiger partial charge in [-0.3, -0.25) is 4.79 Å². The summed E-state index contributed by atoms with van der Waals surface area (Å²) in [6.07, 6.45) is 1.52. The third kappa shape index (κ3) is 8.67. The predicted molar refractivity (Wildman–Crippen MR) is 186 cm³/mol. The molecule has 0 spiro atoms. The van der Waals surface area contributed by atoms with Gasteiger partial charge in [-0.05, 0) is 107 Å². The Balaban J connectivity index is 1.43. The van der Waals surface area contributed by atoms with Crippen molar-refractivity contribution < 1.29 is 23.8 Å². The van der Waals surface area contributed by atoms with Crippen LogP contribution in [0.15, 0.2) is 77.0 Å². The predicted octanol–water partition coefficient (Wildman–Crippen LogP) is 5.23. The first kappa shape index (κ1) is 33.1. The van der Waals surface area contributed by atoms with E-state index in [4.69, 9.17) is 31.7 Å². The number of nitriles is 1. The summed E-state index contributed by atoms with van der Waals surface area (Å²) in [6.45, 7) is 3.68. The van der Waals surface area contributed by atoms with E-state index in [1.54, 1.807) is 50.2 Å². The minimum Gasteiger partial charge on any atom is -0.487 e. The lowest BCUT2D eigenvalue weighted by molar-refractivity contribution is -0.139. The molecule has 0 aromatic heterocycles. The molecule has 0 unspecified atom stereocenters. The molecule has 0 aliphatic carbocycles. The zero-order chi connectivity index (χ0) is 31.6. The molecule has 1 heterocycles. The van der Waals surface area contributed by atoms with E-state index in [1.165, 1.54) is 6.21 Å². The van der Waals surface area contributed by atoms with Gasteiger partial charge in [0.2, 0.25) is 0 Å². The van der Waals surface area contributed by atoms with Crippen LogP contribution in [-0.4, -0.2) is 36.4 Å². The summed E-state index contributed by atoms with van der Waals surface area (Å²) in [4.78, 5) is 25.5. The highest BCUT2D eigenvalue weighted by Crippen LogP contribution is 2.33. The number of benzene rings is 3. The molecule has 1 atom stereocenters. The average molecular weight is 835 g/mol. The first-order valence-electron chi connectivity index (χ1n) is 13.3. The van der Waals surface area contributed by atoms with Gasteiger partial charge in [0.05, 0.1) is 39.6 Å². The Morgan fingerprint density at radius 1 is 1.14 bits per heavy atom. The number of thiocarbonyl (C=S) groups is 1. The number of halogens is 2. The van der Waals surface area contributed by atoms with Crippen molar-refractivity contribution in [1.29, 1.82) is 5.26 Å². The summed E-state index contributed by atoms with van der Waals surface area (Å²) < 4.78 is 19.1. The highest BCUT2D eigenvalue weighted by molar-refractivity contribution is 14.1. The van der Waals surface area contributed by atoms with Crippen LogP contribution in [0, 0.1) is 18.5 Å². The average Bonchev–Trinajstić information content (AvgIpc) is 2.99. The van der Waals surface area contributed by atoms with E-state index in [2.05, 4.69) is 72.4 Å². The number of hydrazone groups is 1. The monoisotopic (exact) mass is 835 g/mol. The Morgan fingerprint density at radius 3 is 2.61 bits per heavy atom. The maximum atomic E-state index is 12.8. The number of hydrogen-bond acceptors (Lipinski definition) is 8. The quantitative estimate of drug-likeness (QED) is 0.0781. The van der Waals surface area contributed by atoms with Crippen molar-refractivity contribution in [3.8, 4) is 17.6 Å². The molecular formula is C31H27I2N5O5S. The Kier molecular flexibility index (Phi) is 11.9. The fourth-order valence-electron chi connectivity index (χ4n) is 4.27. The Labute approximate surface area is 287 Å². The fourth-order valence-corrected chi connectivity index (χ4v) is 6.58. The highest BCUT2D eigenvalue weighted by Gasteiger charge is 2.32. The molecule has 0 saturated heterocycles. The van der Waals surface area contributed by atoms with Gasteiger partial charge in [-0.25, -0.2) is 10.2 Å². The Morgan fingerprint density at radius 2 is 1.89 bits per heavy atom. The van der Waals surface area contributed by atoms with Crippen LogP contribution in [0.5, 0.6) is 11.5 Å². The van der Waals surface area contributed by atoms with E-state index in [1.807, 2.05) is 24.3 Å². The summed E-state index contributed by atoms with van der Waals surface area (Å²) in [7, 11) is 0. The van der Waals surface area contributed by atoms with E-state index in [9.17, 15) is 9.59 Å². The van der Waals surface area contributed by atoms with Crippen molar-refractivity contribution in [1.82, 2.24) is 16.1 Å². The molecule has 3 aromatic rings. The first-order valence-corrected chi connectivity index (χ1v) is 15.9. The van der Waals surface area contributed by atoms with Gasteiger partial charge >= 0.3 is 5.97 Å². The van der Waals surface area contributed by atoms with Crippen molar-refractivity contribution in [3.63, 3.8) is 0 Å². The normalized spacial score (nSPS) is 14.3. The second-order valence-electron chi connectivity index (χ2n) is 9.31. The lowest BCUT2D eigenvalue weighted by Gasteiger charge is -2.30. The molecule has 226 valence electrons. The zero-order valence-electron chi connectivity index (χ0n) is 23.6. The number of hydrogen-bond donors (Lipinski definition) is 3. The topological polar surface area (TPSA) is 134 Å². The molecule has 1 aliphatic heterocycles. The molecule has 0 radical (unpaired) electrons. The number of amides is 1. The minimum absolute atomic E-state index is 0.220. The number of nitrogens with one attached hydrogen (secondary N) is 3. The summed E-state index contributed by atoms with van der Waals surface area (Å²) in [5.41, 5.74) is 6.23. The molecule has 0 saturated carbocycles. The number of ether oxygens (including phenoxy) is 3. The van der Waals surface area contributed by atoms with Crippen LogP contribution in [0.1, 0.15) is 42.1 Å². The minimum atomic E-state index is -0.634. The molecule has 0 bridgehead atoms. The summed E-state index contributed by atoms with van der Waals surface area (Å²) >= 11 is 9.73. The number of esters is 1. The number of carbonyl (C=O) groups excluding carboxylic acids is 2. The van der Waals surface area contributed by atoms with Gasteiger partial charge in [-0.2, -0.15) is 10.4 Å². The molecule has 0 fully saturated rings. The lowest BCUT2D eigenvalue weighted by Crippen LogP contribution is -2.45. The van der Waals surface area contributed by atoms with Gasteiger partial charge in [0.15, 0.2) is 11.7 Å². The molecule has 10 nitrogen and oxygen atoms in total. The van der Waals surface area contributed by atoms with Gasteiger partial charge in [-0.1, -0.05) is 30.3 Å². The molecule has 4 rings (SSSR count). The maximum absolute atomic E-state index is 12.8. The molecule has 44 heavy (non-hydrogen) atoms. The first-order chi connectivity index (χ1) is 21.2. The SMILES string of the molecule is CCOC(=O)C1=C(C)NC(=S)N[C@@H]1c1ccccc1OCC(=O)NN=Cc1cc(I)cc(I)c1OCc1ccc(C#N)cc1. The van der Waals surface area contributed by atoms with Gasteiger partial charge < -0.3 is 24.8 Å². The molecule has 1 amide bonds. The molecule has 1 aliphatic rings. The van der Waals surface area contributed by atoms with E-state index in [-0.39, 0.29) is 13.2 Å². The summed E-state index contributed by atoms with van der Waals surface area (Å²) in [5.74, 6) is 0.0493. The largest absolute Gasteiger partial charge is 0.487 e. The third-order valence-corrected chi connectivity index (χ3v) is 7.89. The summed E-state index contributed by atoms with van der Waals surface area (Å²) in [5, 5.41) is 19.6. The van der Waals surface area contributed by atoms with Gasteiger partial charge in [0.25, 0.3) is 5.91 Å². The van der Waals surface area contributed by atoms with Crippen LogP contribution in [0.3, 0.4) is 0 Å². The standard InChI is InChI=1S/C31H27I2N5O5S/c1-3-41-30(40)27-18(2)36-31(44)37-28(27)23-6-4-5-7-25(23)42-17-26(39)38-35-15-21-12-22(32)13-24(33)29(21)43-16-20-10-8-19(14-34)9-11-20/h4-13,15,28H,3,16-17H2,1-2H3,(H,38,39)(H2,36,37,44)/t28-/m1/s1. The third-order valence-electron chi connectivity index (χ3n) is 6.25. The second kappa shape index (κ2) is 15.8. The lowest BCUT2D eigenvalue weighted by atomic mass is 9.95. The molecular weight excluding hydrogens is 808 g/mol. The molecule has 13 heteroatoms. The van der Waals surface area contributed by atoms with Crippen LogP contribution in [0.2, 0.25) is 0 Å². The van der Waals surface area contributed by atoms with Gasteiger partial charge in [0, 0.05) is 20.4 Å². The van der Waals surface area contributed by atoms with E-state index < -0.39 is 17.9 Å². The van der Waals surface area contributed by atoms with E-state index in [0.29, 0.717) is 51.2 Å². The number of allylic oxidation sites excluding steroid dienone is 1. The number of carbonyl (C=O) groups is 2. The zero-order valence-corrected chi connectivity index (χ0v) is 28.8. The van der Waals surface area contributed by atoms with Crippen LogP contribution < -0.4 is 25.5 Å². The highest BCUT2D eigenvalue weighted by atomic mass is 127. The van der Waals surface area contributed by atoms with E-state index >= 15 is 0 Å². The van der Waals surface area contributed by atoms with Crippen molar-refractivity contribution >= 4 is 80.6 Å². The van der Waals surface area contributed by atoms with Crippen molar-refractivity contribution in [3.05, 3.63) is 101 Å². The Bertz CT molecular complexity index is 1670. The van der Waals surface area contributed by atoms with Crippen LogP contribution in [-0.2, 0) is 20.9 Å². The smallest absolute Gasteiger partial charge is 0.338 e. The number of rotatable bonds is 11. The fraction of sp³-hybridized carbons (Fsp3) is 0.194. The molecule has 3 aromatic carbocycles. The number of nitrogens with zero attached hydrogens (tertiary/aromatic N) is 2. The van der Waals surface area contributed by atoms with Gasteiger partial charge in [-0.15, -0.1) is 0 Å². The van der Waals surface area contributed by atoms with Crippen LogP contribution >= 0.6 is 57.4 Å². The second-order valence-corrected chi connectivity index (χ2v) is 12.1. The Hall–Kier alpha value is -3.75. The maximum Gasteiger partial charge on any atom is 0.338 e. The van der Waals surface area contributed by atoms with Crippen LogP contribution in [0.4, 0.5) is 0 Å². The van der Waals surface area contributed by atoms with E-state index in [0.717, 1.165) is 12.7 Å². The van der Waals surface area contributed by atoms with Crippen LogP contribution in [0.25, 0.3) is 0 Å². The molecule has 3 N–H and O–H groups in total. The van der Waals surface area contributed by atoms with Crippen molar-refractivity contribution in [2.45, 2.75) is 26.5 Å².